The van der Waals surface area contributed by atoms with E-state index in [9.17, 15) is 14.7 Å². The summed E-state index contributed by atoms with van der Waals surface area (Å²) in [6.07, 6.45) is 1.11. The number of nitrogens with two attached hydrogens (primary N) is 1. The smallest absolute Gasteiger partial charge is 0.305 e. The Balaban J connectivity index is 2.64. The van der Waals surface area contributed by atoms with Gasteiger partial charge < -0.3 is 24.9 Å². The molecule has 0 aliphatic heterocycles. The van der Waals surface area contributed by atoms with E-state index in [0.717, 1.165) is 17.0 Å². The van der Waals surface area contributed by atoms with E-state index >= 15 is 0 Å². The van der Waals surface area contributed by atoms with E-state index < -0.39 is 5.91 Å². The molecule has 0 atom stereocenters. The van der Waals surface area contributed by atoms with Crippen molar-refractivity contribution in [3.05, 3.63) is 41.2 Å². The zero-order valence-electron chi connectivity index (χ0n) is 15.9. The third kappa shape index (κ3) is 4.49. The van der Waals surface area contributed by atoms with Crippen molar-refractivity contribution in [1.82, 2.24) is 4.57 Å². The number of hydrogen-bond acceptors (Lipinski definition) is 5. The molecule has 0 aliphatic carbocycles. The SMILES string of the molecule is COC(=O)CCc1c(-c2ccc(OC)cc2)c(C(N)=O)c(C)n1CCCO. The van der Waals surface area contributed by atoms with Gasteiger partial charge in [-0.3, -0.25) is 9.59 Å². The Morgan fingerprint density at radius 3 is 2.37 bits per heavy atom. The molecule has 146 valence electrons. The summed E-state index contributed by atoms with van der Waals surface area (Å²) in [6, 6.07) is 7.34. The zero-order chi connectivity index (χ0) is 20.0. The standard InChI is InChI=1S/C20H26N2O5/c1-13-18(20(21)25)19(14-5-7-15(26-2)8-6-14)16(9-10-17(24)27-3)22(13)11-4-12-23/h5-8,23H,4,9-12H2,1-3H3,(H2,21,25). The van der Waals surface area contributed by atoms with Gasteiger partial charge >= 0.3 is 5.97 Å². The number of carbonyl (C=O) groups excluding carboxylic acids is 2. The lowest BCUT2D eigenvalue weighted by molar-refractivity contribution is -0.140. The number of esters is 1. The number of rotatable bonds is 9. The van der Waals surface area contributed by atoms with Crippen molar-refractivity contribution in [3.8, 4) is 16.9 Å². The van der Waals surface area contributed by atoms with Gasteiger partial charge in [0.2, 0.25) is 0 Å². The van der Waals surface area contributed by atoms with E-state index in [-0.39, 0.29) is 19.0 Å². The van der Waals surface area contributed by atoms with Crippen molar-refractivity contribution in [2.45, 2.75) is 32.7 Å². The number of hydrogen-bond donors (Lipinski definition) is 2. The number of methoxy groups -OCH3 is 2. The molecule has 0 saturated heterocycles. The van der Waals surface area contributed by atoms with Crippen LogP contribution in [0.1, 0.15) is 34.6 Å². The molecule has 7 nitrogen and oxygen atoms in total. The Kier molecular flexibility index (Phi) is 7.01. The van der Waals surface area contributed by atoms with Gasteiger partial charge in [-0.15, -0.1) is 0 Å². The Hall–Kier alpha value is -2.80. The highest BCUT2D eigenvalue weighted by atomic mass is 16.5. The molecule has 7 heteroatoms. The van der Waals surface area contributed by atoms with Crippen LogP contribution in [0.25, 0.3) is 11.1 Å². The molecule has 0 spiro atoms. The molecule has 0 bridgehead atoms. The van der Waals surface area contributed by atoms with Crippen LogP contribution < -0.4 is 10.5 Å². The maximum absolute atomic E-state index is 12.2. The fourth-order valence-electron chi connectivity index (χ4n) is 3.28. The van der Waals surface area contributed by atoms with Crippen molar-refractivity contribution >= 4 is 11.9 Å². The Labute approximate surface area is 158 Å². The van der Waals surface area contributed by atoms with Gasteiger partial charge in [-0.25, -0.2) is 0 Å². The van der Waals surface area contributed by atoms with E-state index in [4.69, 9.17) is 15.2 Å². The highest BCUT2D eigenvalue weighted by Gasteiger charge is 2.25. The van der Waals surface area contributed by atoms with Crippen molar-refractivity contribution in [2.24, 2.45) is 5.73 Å². The van der Waals surface area contributed by atoms with Gasteiger partial charge in [0.1, 0.15) is 5.75 Å². The van der Waals surface area contributed by atoms with Gasteiger partial charge in [0.15, 0.2) is 0 Å². The van der Waals surface area contributed by atoms with Gasteiger partial charge in [-0.1, -0.05) is 12.1 Å². The number of ether oxygens (including phenoxy) is 2. The van der Waals surface area contributed by atoms with Crippen LogP contribution in [0.3, 0.4) is 0 Å². The number of aliphatic hydroxyl groups is 1. The number of aliphatic hydroxyl groups excluding tert-OH is 1. The number of nitrogens with zero attached hydrogens (tertiary/aromatic N) is 1. The quantitative estimate of drug-likeness (QED) is 0.654. The van der Waals surface area contributed by atoms with Crippen LogP contribution in [-0.2, 0) is 22.5 Å². The first-order valence-electron chi connectivity index (χ1n) is 8.78. The monoisotopic (exact) mass is 374 g/mol. The first-order chi connectivity index (χ1) is 12.9. The third-order valence-corrected chi connectivity index (χ3v) is 4.59. The maximum atomic E-state index is 12.2. The first kappa shape index (κ1) is 20.5. The highest BCUT2D eigenvalue weighted by Crippen LogP contribution is 2.34. The summed E-state index contributed by atoms with van der Waals surface area (Å²) in [7, 11) is 2.93. The number of benzene rings is 1. The molecule has 2 aromatic rings. The molecule has 1 aromatic heterocycles. The first-order valence-corrected chi connectivity index (χ1v) is 8.78. The Morgan fingerprint density at radius 1 is 1.19 bits per heavy atom. The second-order valence-corrected chi connectivity index (χ2v) is 6.18. The summed E-state index contributed by atoms with van der Waals surface area (Å²) >= 11 is 0. The highest BCUT2D eigenvalue weighted by molar-refractivity contribution is 6.02. The van der Waals surface area contributed by atoms with Crippen LogP contribution in [0.5, 0.6) is 5.75 Å². The van der Waals surface area contributed by atoms with Gasteiger partial charge in [-0.2, -0.15) is 0 Å². The molecule has 1 amide bonds. The average Bonchev–Trinajstić information content (AvgIpc) is 2.96. The summed E-state index contributed by atoms with van der Waals surface area (Å²) in [4.78, 5) is 23.9. The number of primary amides is 1. The van der Waals surface area contributed by atoms with Crippen molar-refractivity contribution in [1.29, 1.82) is 0 Å². The van der Waals surface area contributed by atoms with E-state index in [0.29, 0.717) is 36.3 Å². The van der Waals surface area contributed by atoms with Crippen molar-refractivity contribution < 1.29 is 24.2 Å². The normalized spacial score (nSPS) is 10.7. The fourth-order valence-corrected chi connectivity index (χ4v) is 3.28. The van der Waals surface area contributed by atoms with E-state index in [1.54, 1.807) is 7.11 Å². The molecule has 2 rings (SSSR count). The minimum Gasteiger partial charge on any atom is -0.497 e. The summed E-state index contributed by atoms with van der Waals surface area (Å²) < 4.78 is 11.9. The second-order valence-electron chi connectivity index (χ2n) is 6.18. The predicted octanol–water partition coefficient (Wildman–Crippen LogP) is 2.06. The minimum absolute atomic E-state index is 0.0256. The van der Waals surface area contributed by atoms with Crippen molar-refractivity contribution in [2.75, 3.05) is 20.8 Å². The lowest BCUT2D eigenvalue weighted by atomic mass is 9.98. The molecule has 0 aliphatic rings. The molecule has 0 radical (unpaired) electrons. The second kappa shape index (κ2) is 9.23. The molecular weight excluding hydrogens is 348 g/mol. The average molecular weight is 374 g/mol. The topological polar surface area (TPSA) is 104 Å². The minimum atomic E-state index is -0.527. The Bertz CT molecular complexity index is 809. The molecule has 3 N–H and O–H groups in total. The molecule has 0 unspecified atom stereocenters. The van der Waals surface area contributed by atoms with Crippen LogP contribution >= 0.6 is 0 Å². The summed E-state index contributed by atoms with van der Waals surface area (Å²) in [5.41, 5.74) is 9.19. The summed E-state index contributed by atoms with van der Waals surface area (Å²) in [5.74, 6) is -0.156. The van der Waals surface area contributed by atoms with Crippen LogP contribution in [-0.4, -0.2) is 42.4 Å². The number of aromatic nitrogens is 1. The molecule has 0 saturated carbocycles. The largest absolute Gasteiger partial charge is 0.497 e. The van der Waals surface area contributed by atoms with Gasteiger partial charge in [0.05, 0.1) is 26.2 Å². The van der Waals surface area contributed by atoms with Gasteiger partial charge in [0.25, 0.3) is 5.91 Å². The third-order valence-electron chi connectivity index (χ3n) is 4.59. The van der Waals surface area contributed by atoms with Crippen LogP contribution in [0.15, 0.2) is 24.3 Å². The molecular formula is C20H26N2O5. The number of carbonyl (C=O) groups is 2. The van der Waals surface area contributed by atoms with Crippen molar-refractivity contribution in [3.63, 3.8) is 0 Å². The predicted molar refractivity (Wildman–Crippen MR) is 102 cm³/mol. The lowest BCUT2D eigenvalue weighted by Gasteiger charge is -2.13. The van der Waals surface area contributed by atoms with Gasteiger partial charge in [-0.05, 0) is 37.5 Å². The Morgan fingerprint density at radius 2 is 1.85 bits per heavy atom. The summed E-state index contributed by atoms with van der Waals surface area (Å²) in [6.45, 7) is 2.37. The maximum Gasteiger partial charge on any atom is 0.305 e. The van der Waals surface area contributed by atoms with Crippen LogP contribution in [0.4, 0.5) is 0 Å². The number of amides is 1. The molecule has 0 fully saturated rings. The molecule has 1 aromatic carbocycles. The van der Waals surface area contributed by atoms with Gasteiger partial charge in [0, 0.05) is 30.1 Å². The summed E-state index contributed by atoms with van der Waals surface area (Å²) in [5, 5.41) is 9.23. The van der Waals surface area contributed by atoms with Crippen LogP contribution in [0, 0.1) is 6.92 Å². The molecule has 1 heterocycles. The van der Waals surface area contributed by atoms with E-state index in [1.807, 2.05) is 35.8 Å². The fraction of sp³-hybridized carbons (Fsp3) is 0.400. The van der Waals surface area contributed by atoms with E-state index in [2.05, 4.69) is 0 Å². The lowest BCUT2D eigenvalue weighted by Crippen LogP contribution is -2.13. The zero-order valence-corrected chi connectivity index (χ0v) is 15.9. The molecule has 27 heavy (non-hydrogen) atoms. The van der Waals surface area contributed by atoms with Crippen LogP contribution in [0.2, 0.25) is 0 Å². The van der Waals surface area contributed by atoms with E-state index in [1.165, 1.54) is 7.11 Å².